The minimum Gasteiger partial charge on any atom is -0.306 e. The standard InChI is InChI=1S/C15H20N2S/c1-4-8-17-15(14-9-16-10-18-14)13-7-5-6-11(2)12(13)3/h5-7,9-10,15,17H,4,8H2,1-3H3. The van der Waals surface area contributed by atoms with Gasteiger partial charge in [-0.2, -0.15) is 0 Å². The van der Waals surface area contributed by atoms with Crippen LogP contribution in [0.3, 0.4) is 0 Å². The van der Waals surface area contributed by atoms with Crippen LogP contribution in [-0.4, -0.2) is 11.5 Å². The summed E-state index contributed by atoms with van der Waals surface area (Å²) < 4.78 is 0. The number of thiazole rings is 1. The predicted molar refractivity (Wildman–Crippen MR) is 78.2 cm³/mol. The van der Waals surface area contributed by atoms with E-state index >= 15 is 0 Å². The molecule has 18 heavy (non-hydrogen) atoms. The number of rotatable bonds is 5. The first-order valence-electron chi connectivity index (χ1n) is 6.42. The third-order valence-corrected chi connectivity index (χ3v) is 4.13. The highest BCUT2D eigenvalue weighted by atomic mass is 32.1. The van der Waals surface area contributed by atoms with Crippen molar-refractivity contribution in [1.29, 1.82) is 0 Å². The largest absolute Gasteiger partial charge is 0.306 e. The van der Waals surface area contributed by atoms with Gasteiger partial charge in [0.25, 0.3) is 0 Å². The van der Waals surface area contributed by atoms with Crippen molar-refractivity contribution >= 4 is 11.3 Å². The Morgan fingerprint density at radius 1 is 1.33 bits per heavy atom. The van der Waals surface area contributed by atoms with Crippen molar-refractivity contribution in [2.45, 2.75) is 33.2 Å². The van der Waals surface area contributed by atoms with Crippen LogP contribution in [0.4, 0.5) is 0 Å². The number of benzene rings is 1. The van der Waals surface area contributed by atoms with Crippen LogP contribution >= 0.6 is 11.3 Å². The highest BCUT2D eigenvalue weighted by Gasteiger charge is 2.17. The van der Waals surface area contributed by atoms with Crippen LogP contribution in [0.5, 0.6) is 0 Å². The van der Waals surface area contributed by atoms with E-state index in [0.717, 1.165) is 13.0 Å². The van der Waals surface area contributed by atoms with E-state index in [-0.39, 0.29) is 6.04 Å². The molecule has 0 saturated heterocycles. The van der Waals surface area contributed by atoms with E-state index in [1.54, 1.807) is 11.3 Å². The van der Waals surface area contributed by atoms with E-state index in [1.807, 2.05) is 11.7 Å². The lowest BCUT2D eigenvalue weighted by molar-refractivity contribution is 0.602. The molecule has 0 spiro atoms. The summed E-state index contributed by atoms with van der Waals surface area (Å²) in [6.07, 6.45) is 3.11. The number of aryl methyl sites for hydroxylation is 1. The average molecular weight is 260 g/mol. The van der Waals surface area contributed by atoms with E-state index in [9.17, 15) is 0 Å². The number of hydrogen-bond acceptors (Lipinski definition) is 3. The summed E-state index contributed by atoms with van der Waals surface area (Å²) in [5.74, 6) is 0. The minimum absolute atomic E-state index is 0.275. The van der Waals surface area contributed by atoms with Gasteiger partial charge in [0.1, 0.15) is 0 Å². The topological polar surface area (TPSA) is 24.9 Å². The Labute approximate surface area is 113 Å². The molecular formula is C15H20N2S. The lowest BCUT2D eigenvalue weighted by Crippen LogP contribution is -2.23. The zero-order valence-electron chi connectivity index (χ0n) is 11.2. The van der Waals surface area contributed by atoms with Gasteiger partial charge >= 0.3 is 0 Å². The summed E-state index contributed by atoms with van der Waals surface area (Å²) in [5, 5.41) is 3.63. The Hall–Kier alpha value is -1.19. The van der Waals surface area contributed by atoms with E-state index < -0.39 is 0 Å². The molecule has 1 heterocycles. The van der Waals surface area contributed by atoms with Crippen LogP contribution in [0.2, 0.25) is 0 Å². The molecule has 2 nitrogen and oxygen atoms in total. The second kappa shape index (κ2) is 6.12. The van der Waals surface area contributed by atoms with Crippen molar-refractivity contribution in [3.05, 3.63) is 51.5 Å². The maximum atomic E-state index is 4.21. The fourth-order valence-electron chi connectivity index (χ4n) is 2.11. The molecular weight excluding hydrogens is 240 g/mol. The van der Waals surface area contributed by atoms with Crippen LogP contribution in [0, 0.1) is 13.8 Å². The summed E-state index contributed by atoms with van der Waals surface area (Å²) in [5.41, 5.74) is 5.99. The Balaban J connectivity index is 2.37. The molecule has 0 aliphatic rings. The molecule has 96 valence electrons. The predicted octanol–water partition coefficient (Wildman–Crippen LogP) is 3.85. The molecule has 1 aromatic heterocycles. The first-order chi connectivity index (χ1) is 8.74. The van der Waals surface area contributed by atoms with Gasteiger partial charge in [-0.25, -0.2) is 0 Å². The molecule has 1 N–H and O–H groups in total. The zero-order valence-corrected chi connectivity index (χ0v) is 12.1. The highest BCUT2D eigenvalue weighted by Crippen LogP contribution is 2.28. The average Bonchev–Trinajstić information content (AvgIpc) is 2.88. The first-order valence-corrected chi connectivity index (χ1v) is 7.30. The van der Waals surface area contributed by atoms with Gasteiger partial charge in [-0.3, -0.25) is 4.98 Å². The van der Waals surface area contributed by atoms with Gasteiger partial charge in [0.15, 0.2) is 0 Å². The third kappa shape index (κ3) is 2.79. The lowest BCUT2D eigenvalue weighted by atomic mass is 9.96. The maximum absolute atomic E-state index is 4.21. The van der Waals surface area contributed by atoms with Gasteiger partial charge in [0.2, 0.25) is 0 Å². The number of aromatic nitrogens is 1. The highest BCUT2D eigenvalue weighted by molar-refractivity contribution is 7.09. The number of nitrogens with zero attached hydrogens (tertiary/aromatic N) is 1. The van der Waals surface area contributed by atoms with Crippen molar-refractivity contribution in [3.63, 3.8) is 0 Å². The van der Waals surface area contributed by atoms with Crippen LogP contribution in [-0.2, 0) is 0 Å². The summed E-state index contributed by atoms with van der Waals surface area (Å²) in [6.45, 7) is 7.59. The molecule has 1 unspecified atom stereocenters. The van der Waals surface area contributed by atoms with E-state index in [0.29, 0.717) is 0 Å². The molecule has 2 aromatic rings. The quantitative estimate of drug-likeness (QED) is 0.883. The van der Waals surface area contributed by atoms with E-state index in [1.165, 1.54) is 21.6 Å². The summed E-state index contributed by atoms with van der Waals surface area (Å²) >= 11 is 1.72. The molecule has 0 radical (unpaired) electrons. The molecule has 0 bridgehead atoms. The van der Waals surface area contributed by atoms with Crippen LogP contribution < -0.4 is 5.32 Å². The molecule has 0 amide bonds. The molecule has 0 fully saturated rings. The second-order valence-corrected chi connectivity index (χ2v) is 5.50. The molecule has 2 rings (SSSR count). The smallest absolute Gasteiger partial charge is 0.0794 e. The molecule has 0 aliphatic carbocycles. The van der Waals surface area contributed by atoms with Gasteiger partial charge in [0, 0.05) is 11.1 Å². The van der Waals surface area contributed by atoms with Crippen molar-refractivity contribution in [1.82, 2.24) is 10.3 Å². The minimum atomic E-state index is 0.275. The van der Waals surface area contributed by atoms with Crippen molar-refractivity contribution < 1.29 is 0 Å². The summed E-state index contributed by atoms with van der Waals surface area (Å²) in [4.78, 5) is 5.50. The van der Waals surface area contributed by atoms with E-state index in [4.69, 9.17) is 0 Å². The SMILES string of the molecule is CCCNC(c1cncs1)c1cccc(C)c1C. The fraction of sp³-hybridized carbons (Fsp3) is 0.400. The van der Waals surface area contributed by atoms with Crippen LogP contribution in [0.1, 0.15) is 41.0 Å². The monoisotopic (exact) mass is 260 g/mol. The first kappa shape index (κ1) is 13.2. The lowest BCUT2D eigenvalue weighted by Gasteiger charge is -2.20. The van der Waals surface area contributed by atoms with Crippen LogP contribution in [0.15, 0.2) is 29.9 Å². The van der Waals surface area contributed by atoms with E-state index in [2.05, 4.69) is 49.3 Å². The Bertz CT molecular complexity index is 491. The van der Waals surface area contributed by atoms with Crippen molar-refractivity contribution in [3.8, 4) is 0 Å². The van der Waals surface area contributed by atoms with Crippen molar-refractivity contribution in [2.75, 3.05) is 6.54 Å². The van der Waals surface area contributed by atoms with Gasteiger partial charge in [-0.15, -0.1) is 11.3 Å². The molecule has 3 heteroatoms. The fourth-order valence-corrected chi connectivity index (χ4v) is 2.82. The Kier molecular flexibility index (Phi) is 4.50. The molecule has 1 aromatic carbocycles. The van der Waals surface area contributed by atoms with Gasteiger partial charge in [-0.1, -0.05) is 25.1 Å². The molecule has 1 atom stereocenters. The Morgan fingerprint density at radius 2 is 2.17 bits per heavy atom. The summed E-state index contributed by atoms with van der Waals surface area (Å²) in [7, 11) is 0. The van der Waals surface area contributed by atoms with Crippen molar-refractivity contribution in [2.24, 2.45) is 0 Å². The van der Waals surface area contributed by atoms with Gasteiger partial charge < -0.3 is 5.32 Å². The third-order valence-electron chi connectivity index (χ3n) is 3.29. The normalized spacial score (nSPS) is 12.6. The molecule has 0 aliphatic heterocycles. The van der Waals surface area contributed by atoms with Crippen LogP contribution in [0.25, 0.3) is 0 Å². The number of nitrogens with one attached hydrogen (secondary N) is 1. The Morgan fingerprint density at radius 3 is 2.83 bits per heavy atom. The van der Waals surface area contributed by atoms with Gasteiger partial charge in [-0.05, 0) is 43.5 Å². The second-order valence-electron chi connectivity index (χ2n) is 4.58. The summed E-state index contributed by atoms with van der Waals surface area (Å²) in [6, 6.07) is 6.80. The maximum Gasteiger partial charge on any atom is 0.0794 e. The molecule has 0 saturated carbocycles. The van der Waals surface area contributed by atoms with Gasteiger partial charge in [0.05, 0.1) is 11.6 Å². The zero-order chi connectivity index (χ0) is 13.0. The number of hydrogen-bond donors (Lipinski definition) is 1.